The number of benzene rings is 2. The average molecular weight is 913 g/mol. The molecule has 0 aromatic heterocycles. The minimum absolute atomic E-state index is 0.0130. The Balaban J connectivity index is 0.000000229. The normalized spacial score (nSPS) is 34.1. The topological polar surface area (TPSA) is 98.0 Å². The van der Waals surface area contributed by atoms with E-state index in [2.05, 4.69) is 57.7 Å². The minimum atomic E-state index is -5.60. The molecule has 13 atom stereocenters. The Hall–Kier alpha value is -2.98. The number of hydrogen-bond acceptors (Lipinski definition) is 4. The van der Waals surface area contributed by atoms with E-state index < -0.39 is 36.8 Å². The van der Waals surface area contributed by atoms with Crippen molar-refractivity contribution in [3.05, 3.63) is 76.9 Å². The molecule has 8 rings (SSSR count). The van der Waals surface area contributed by atoms with Gasteiger partial charge in [-0.25, -0.2) is 0 Å². The van der Waals surface area contributed by atoms with Gasteiger partial charge in [0.2, 0.25) is 0 Å². The van der Waals surface area contributed by atoms with Crippen molar-refractivity contribution in [3.8, 4) is 5.75 Å². The van der Waals surface area contributed by atoms with Crippen molar-refractivity contribution in [3.63, 3.8) is 0 Å². The zero-order chi connectivity index (χ0) is 46.9. The molecule has 6 aliphatic carbocycles. The van der Waals surface area contributed by atoms with Crippen LogP contribution in [-0.2, 0) is 17.6 Å². The number of aromatic hydroxyl groups is 1. The van der Waals surface area contributed by atoms with Gasteiger partial charge in [0.1, 0.15) is 5.75 Å². The Morgan fingerprint density at radius 2 is 1.26 bits per heavy atom. The monoisotopic (exact) mass is 913 g/mol. The third-order valence-electron chi connectivity index (χ3n) is 18.5. The number of phenolic OH excluding ortho intramolecular Hbond substituents is 1. The molecule has 0 saturated heterocycles. The fraction of sp³-hybridized carbons (Fsp3) is 0.727. The van der Waals surface area contributed by atoms with Gasteiger partial charge in [0.05, 0.1) is 18.1 Å². The number of halogens is 5. The Kier molecular flexibility index (Phi) is 15.6. The number of rotatable bonds is 16. The van der Waals surface area contributed by atoms with E-state index in [1.807, 2.05) is 6.07 Å². The summed E-state index contributed by atoms with van der Waals surface area (Å²) in [5, 5.41) is 41.0. The molecule has 0 aliphatic heterocycles. The van der Waals surface area contributed by atoms with Gasteiger partial charge in [0.15, 0.2) is 0 Å². The van der Waals surface area contributed by atoms with E-state index in [0.717, 1.165) is 89.4 Å². The Morgan fingerprint density at radius 1 is 0.738 bits per heavy atom. The van der Waals surface area contributed by atoms with E-state index in [1.165, 1.54) is 42.4 Å². The number of aliphatic hydroxyl groups is 2. The van der Waals surface area contributed by atoms with Crippen LogP contribution in [0.1, 0.15) is 182 Å². The quantitative estimate of drug-likeness (QED) is 0.0764. The van der Waals surface area contributed by atoms with E-state index in [-0.39, 0.29) is 35.9 Å². The lowest BCUT2D eigenvalue weighted by molar-refractivity contribution is -0.284. The molecule has 0 amide bonds. The number of alkyl halides is 5. The molecule has 4 fully saturated rings. The molecule has 0 radical (unpaired) electrons. The van der Waals surface area contributed by atoms with Crippen LogP contribution in [0, 0.1) is 59.2 Å². The van der Waals surface area contributed by atoms with Gasteiger partial charge in [-0.2, -0.15) is 22.0 Å². The molecule has 4 N–H and O–H groups in total. The molecular formula is C55H77F5O5. The van der Waals surface area contributed by atoms with Crippen LogP contribution in [-0.4, -0.2) is 50.7 Å². The molecule has 10 heteroatoms. The van der Waals surface area contributed by atoms with Crippen molar-refractivity contribution in [2.45, 2.75) is 198 Å². The van der Waals surface area contributed by atoms with Gasteiger partial charge < -0.3 is 20.4 Å². The van der Waals surface area contributed by atoms with Crippen molar-refractivity contribution in [1.82, 2.24) is 0 Å². The highest BCUT2D eigenvalue weighted by Crippen LogP contribution is 2.64. The lowest BCUT2D eigenvalue weighted by atomic mass is 9.52. The first-order valence-corrected chi connectivity index (χ1v) is 25.3. The number of carboxylic acid groups (broad SMARTS) is 1. The summed E-state index contributed by atoms with van der Waals surface area (Å²) < 4.78 is 63.3. The van der Waals surface area contributed by atoms with E-state index >= 15 is 0 Å². The maximum atomic E-state index is 13.1. The second-order valence-electron chi connectivity index (χ2n) is 22.2. The van der Waals surface area contributed by atoms with E-state index in [9.17, 15) is 47.2 Å². The van der Waals surface area contributed by atoms with Gasteiger partial charge in [0.25, 0.3) is 0 Å². The van der Waals surface area contributed by atoms with E-state index in [0.29, 0.717) is 53.6 Å². The maximum absolute atomic E-state index is 13.1. The number of carboxylic acids is 1. The number of hydrogen-bond donors (Lipinski definition) is 4. The highest BCUT2D eigenvalue weighted by atomic mass is 19.4. The molecule has 0 spiro atoms. The van der Waals surface area contributed by atoms with E-state index in [4.69, 9.17) is 0 Å². The summed E-state index contributed by atoms with van der Waals surface area (Å²) in [6.45, 7) is 10.9. The Labute approximate surface area is 385 Å². The number of carbonyl (C=O) groups is 1. The van der Waals surface area contributed by atoms with Crippen molar-refractivity contribution in [1.29, 1.82) is 0 Å². The first-order chi connectivity index (χ1) is 30.8. The third-order valence-corrected chi connectivity index (χ3v) is 18.5. The predicted octanol–water partition coefficient (Wildman–Crippen LogP) is 14.0. The predicted molar refractivity (Wildman–Crippen MR) is 246 cm³/mol. The molecule has 4 saturated carbocycles. The van der Waals surface area contributed by atoms with Crippen molar-refractivity contribution < 1.29 is 47.2 Å². The number of unbranched alkanes of at least 4 members (excludes halogenated alkanes) is 5. The second-order valence-corrected chi connectivity index (χ2v) is 22.2. The van der Waals surface area contributed by atoms with Crippen molar-refractivity contribution >= 4 is 5.97 Å². The summed E-state index contributed by atoms with van der Waals surface area (Å²) in [5.41, 5.74) is 7.37. The highest BCUT2D eigenvalue weighted by molar-refractivity contribution is 5.69. The summed E-state index contributed by atoms with van der Waals surface area (Å²) in [4.78, 5) is 11.5. The van der Waals surface area contributed by atoms with Crippen molar-refractivity contribution in [2.24, 2.45) is 52.3 Å². The molecule has 6 aliphatic rings. The van der Waals surface area contributed by atoms with Crippen LogP contribution in [0.4, 0.5) is 22.0 Å². The smallest absolute Gasteiger partial charge is 0.453 e. The zero-order valence-electron chi connectivity index (χ0n) is 39.2. The van der Waals surface area contributed by atoms with Crippen LogP contribution in [0.2, 0.25) is 0 Å². The van der Waals surface area contributed by atoms with Crippen LogP contribution >= 0.6 is 0 Å². The summed E-state index contributed by atoms with van der Waals surface area (Å²) in [7, 11) is 0. The van der Waals surface area contributed by atoms with Crippen LogP contribution in [0.25, 0.3) is 0 Å². The zero-order valence-corrected chi connectivity index (χ0v) is 39.2. The molecule has 2 aromatic carbocycles. The third kappa shape index (κ3) is 10.4. The molecule has 5 nitrogen and oxygen atoms in total. The van der Waals surface area contributed by atoms with E-state index in [1.54, 1.807) is 17.2 Å². The molecule has 362 valence electrons. The fourth-order valence-electron chi connectivity index (χ4n) is 15.0. The number of aliphatic hydroxyl groups excluding tert-OH is 2. The number of allylic oxidation sites excluding steroid dienone is 1. The SMILES string of the molecule is C=CC[C@@H]1Cc2cc(C)ccc2C2CC[C@@]3(C)C(CC[C@@H]3O)C21.C[C@]12CCC3c4ccc(O)cc4C[C@@H](CCCCCCCCC(CCCC(F)(F)C(F)(F)F)C(=O)O)C3C1CC[C@@H]2O. The standard InChI is InChI=1S/C33H47F5O4.C22H30O/c1-31-18-16-26-25-13-12-24(39)20-23(25)19-22(29(26)27(31)14-15-28(31)40)10-7-5-3-2-4-6-9-21(30(41)42)11-8-17-32(34,35)33(36,37)38;1-4-5-15-13-16-12-14(2)6-7-17(16)18-10-11-22(3)19(21(15)18)8-9-20(22)23/h12-13,20-22,26-29,39-40H,2-11,14-19H2,1H3,(H,41,42);4,6-7,12,15,18-21,23H,1,5,8-11,13H2,2-3H3/t21?,22-,26?,27?,28+,29?,31+;15-,18?,19?,20+,21?,22+/m11/s1. The molecule has 2 aromatic rings. The molecule has 65 heavy (non-hydrogen) atoms. The van der Waals surface area contributed by atoms with Gasteiger partial charge in [-0.15, -0.1) is 6.58 Å². The molecular weight excluding hydrogens is 836 g/mol. The maximum Gasteiger partial charge on any atom is 0.453 e. The van der Waals surface area contributed by atoms with Gasteiger partial charge >= 0.3 is 18.1 Å². The first-order valence-electron chi connectivity index (χ1n) is 25.3. The van der Waals surface area contributed by atoms with Crippen LogP contribution in [0.15, 0.2) is 49.1 Å². The fourth-order valence-corrected chi connectivity index (χ4v) is 15.0. The van der Waals surface area contributed by atoms with Gasteiger partial charge in [-0.3, -0.25) is 4.79 Å². The summed E-state index contributed by atoms with van der Waals surface area (Å²) in [5.74, 6) is -1.62. The van der Waals surface area contributed by atoms with Gasteiger partial charge in [-0.05, 0) is 196 Å². The number of phenols is 1. The summed E-state index contributed by atoms with van der Waals surface area (Å²) in [6.07, 6.45) is 13.1. The largest absolute Gasteiger partial charge is 0.508 e. The summed E-state index contributed by atoms with van der Waals surface area (Å²) in [6, 6.07) is 13.0. The lowest BCUT2D eigenvalue weighted by Gasteiger charge is -2.53. The minimum Gasteiger partial charge on any atom is -0.508 e. The number of aryl methyl sites for hydroxylation is 1. The van der Waals surface area contributed by atoms with Crippen LogP contribution in [0.5, 0.6) is 5.75 Å². The Bertz CT molecular complexity index is 1950. The van der Waals surface area contributed by atoms with Crippen LogP contribution in [0.3, 0.4) is 0 Å². The van der Waals surface area contributed by atoms with Crippen molar-refractivity contribution in [2.75, 3.05) is 0 Å². The van der Waals surface area contributed by atoms with Crippen LogP contribution < -0.4 is 0 Å². The average Bonchev–Trinajstić information content (AvgIpc) is 3.73. The molecule has 0 heterocycles. The Morgan fingerprint density at radius 3 is 1.85 bits per heavy atom. The van der Waals surface area contributed by atoms with Gasteiger partial charge in [-0.1, -0.05) is 88.3 Å². The number of fused-ring (bicyclic) bond motifs is 10. The highest BCUT2D eigenvalue weighted by Gasteiger charge is 2.59. The molecule has 7 unspecified atom stereocenters. The van der Waals surface area contributed by atoms with Gasteiger partial charge in [0, 0.05) is 6.42 Å². The molecule has 0 bridgehead atoms. The number of aliphatic carboxylic acids is 1. The second kappa shape index (κ2) is 20.3. The lowest BCUT2D eigenvalue weighted by Crippen LogP contribution is -2.47. The summed E-state index contributed by atoms with van der Waals surface area (Å²) >= 11 is 0. The first kappa shape index (κ1) is 49.9.